The van der Waals surface area contributed by atoms with Crippen LogP contribution in [0.1, 0.15) is 23.0 Å². The highest BCUT2D eigenvalue weighted by molar-refractivity contribution is 5.98. The number of carbonyl (C=O) groups is 1. The standard InChI is InChI=1S/C13H11N3O2/c1-10(11-5-4-7-14-9-11)16-18-13(17)12-6-2-3-8-15-12/h2-9H,1H3/b16-10+. The van der Waals surface area contributed by atoms with Crippen LogP contribution >= 0.6 is 0 Å². The summed E-state index contributed by atoms with van der Waals surface area (Å²) in [7, 11) is 0. The summed E-state index contributed by atoms with van der Waals surface area (Å²) in [5.74, 6) is -0.584. The van der Waals surface area contributed by atoms with Gasteiger partial charge in [0.15, 0.2) is 5.69 Å². The van der Waals surface area contributed by atoms with E-state index in [9.17, 15) is 4.79 Å². The summed E-state index contributed by atoms with van der Waals surface area (Å²) in [5, 5.41) is 3.76. The van der Waals surface area contributed by atoms with Crippen LogP contribution in [-0.2, 0) is 4.84 Å². The van der Waals surface area contributed by atoms with Gasteiger partial charge in [-0.15, -0.1) is 0 Å². The summed E-state index contributed by atoms with van der Waals surface area (Å²) in [6.07, 6.45) is 4.83. The fourth-order valence-corrected chi connectivity index (χ4v) is 1.27. The summed E-state index contributed by atoms with van der Waals surface area (Å²) in [6.45, 7) is 1.74. The van der Waals surface area contributed by atoms with E-state index in [0.717, 1.165) is 5.56 Å². The van der Waals surface area contributed by atoms with Crippen molar-refractivity contribution in [3.05, 3.63) is 60.2 Å². The van der Waals surface area contributed by atoms with E-state index in [0.29, 0.717) is 5.71 Å². The third-order valence-corrected chi connectivity index (χ3v) is 2.22. The molecule has 0 saturated heterocycles. The van der Waals surface area contributed by atoms with E-state index in [1.54, 1.807) is 43.6 Å². The molecular formula is C13H11N3O2. The van der Waals surface area contributed by atoms with Crippen molar-refractivity contribution in [1.82, 2.24) is 9.97 Å². The Morgan fingerprint density at radius 1 is 1.22 bits per heavy atom. The molecule has 5 nitrogen and oxygen atoms in total. The van der Waals surface area contributed by atoms with Crippen molar-refractivity contribution < 1.29 is 9.63 Å². The number of rotatable bonds is 3. The van der Waals surface area contributed by atoms with Gasteiger partial charge in [-0.2, -0.15) is 0 Å². The lowest BCUT2D eigenvalue weighted by Crippen LogP contribution is -2.05. The lowest BCUT2D eigenvalue weighted by atomic mass is 10.2. The molecule has 2 rings (SSSR count). The third-order valence-electron chi connectivity index (χ3n) is 2.22. The Labute approximate surface area is 104 Å². The first-order chi connectivity index (χ1) is 8.77. The van der Waals surface area contributed by atoms with E-state index in [2.05, 4.69) is 15.1 Å². The zero-order chi connectivity index (χ0) is 12.8. The van der Waals surface area contributed by atoms with Crippen LogP contribution in [0.4, 0.5) is 0 Å². The highest BCUT2D eigenvalue weighted by Gasteiger charge is 2.08. The molecule has 0 aliphatic carbocycles. The van der Waals surface area contributed by atoms with Gasteiger partial charge in [0, 0.05) is 24.2 Å². The van der Waals surface area contributed by atoms with Gasteiger partial charge < -0.3 is 4.84 Å². The summed E-state index contributed by atoms with van der Waals surface area (Å²) < 4.78 is 0. The van der Waals surface area contributed by atoms with Crippen LogP contribution in [0, 0.1) is 0 Å². The van der Waals surface area contributed by atoms with Crippen molar-refractivity contribution in [3.8, 4) is 0 Å². The molecule has 18 heavy (non-hydrogen) atoms. The molecular weight excluding hydrogens is 230 g/mol. The number of carbonyl (C=O) groups excluding carboxylic acids is 1. The van der Waals surface area contributed by atoms with E-state index >= 15 is 0 Å². The molecule has 90 valence electrons. The average molecular weight is 241 g/mol. The number of nitrogens with zero attached hydrogens (tertiary/aromatic N) is 3. The van der Waals surface area contributed by atoms with Crippen LogP contribution in [0.3, 0.4) is 0 Å². The van der Waals surface area contributed by atoms with Gasteiger partial charge in [-0.1, -0.05) is 11.2 Å². The molecule has 0 radical (unpaired) electrons. The molecule has 0 fully saturated rings. The molecule has 2 aromatic heterocycles. The van der Waals surface area contributed by atoms with Crippen LogP contribution in [0.15, 0.2) is 54.1 Å². The Kier molecular flexibility index (Phi) is 3.76. The monoisotopic (exact) mass is 241 g/mol. The Bertz CT molecular complexity index is 553. The lowest BCUT2D eigenvalue weighted by molar-refractivity contribution is 0.0509. The zero-order valence-corrected chi connectivity index (χ0v) is 9.78. The smallest absolute Gasteiger partial charge is 0.311 e. The van der Waals surface area contributed by atoms with Gasteiger partial charge in [0.05, 0.1) is 5.71 Å². The quantitative estimate of drug-likeness (QED) is 0.468. The first-order valence-electron chi connectivity index (χ1n) is 5.35. The first-order valence-corrected chi connectivity index (χ1v) is 5.35. The number of hydrogen-bond donors (Lipinski definition) is 0. The van der Waals surface area contributed by atoms with Crippen molar-refractivity contribution in [3.63, 3.8) is 0 Å². The van der Waals surface area contributed by atoms with E-state index in [4.69, 9.17) is 4.84 Å². The van der Waals surface area contributed by atoms with Crippen LogP contribution in [0.25, 0.3) is 0 Å². The Morgan fingerprint density at radius 3 is 2.78 bits per heavy atom. The normalized spacial score (nSPS) is 11.1. The van der Waals surface area contributed by atoms with Gasteiger partial charge in [0.25, 0.3) is 0 Å². The van der Waals surface area contributed by atoms with Crippen molar-refractivity contribution >= 4 is 11.7 Å². The molecule has 5 heteroatoms. The first kappa shape index (κ1) is 11.9. The minimum atomic E-state index is -0.584. The van der Waals surface area contributed by atoms with Crippen LogP contribution < -0.4 is 0 Å². The van der Waals surface area contributed by atoms with Crippen LogP contribution in [0.5, 0.6) is 0 Å². The van der Waals surface area contributed by atoms with Gasteiger partial charge in [0.1, 0.15) is 0 Å². The average Bonchev–Trinajstić information content (AvgIpc) is 2.46. The number of oxime groups is 1. The Balaban J connectivity index is 2.05. The van der Waals surface area contributed by atoms with Gasteiger partial charge >= 0.3 is 5.97 Å². The van der Waals surface area contributed by atoms with Crippen LogP contribution in [-0.4, -0.2) is 21.6 Å². The molecule has 0 bridgehead atoms. The van der Waals surface area contributed by atoms with Crippen molar-refractivity contribution in [1.29, 1.82) is 0 Å². The van der Waals surface area contributed by atoms with Gasteiger partial charge in [0.2, 0.25) is 0 Å². The maximum atomic E-state index is 11.6. The predicted octanol–water partition coefficient (Wildman–Crippen LogP) is 2.06. The van der Waals surface area contributed by atoms with E-state index in [1.165, 1.54) is 6.20 Å². The molecule has 0 aromatic carbocycles. The lowest BCUT2D eigenvalue weighted by Gasteiger charge is -2.00. The second-order valence-corrected chi connectivity index (χ2v) is 3.51. The highest BCUT2D eigenvalue weighted by atomic mass is 16.7. The topological polar surface area (TPSA) is 64.4 Å². The molecule has 0 spiro atoms. The van der Waals surface area contributed by atoms with E-state index in [-0.39, 0.29) is 5.69 Å². The minimum Gasteiger partial charge on any atom is -0.311 e. The molecule has 0 aliphatic heterocycles. The summed E-state index contributed by atoms with van der Waals surface area (Å²) >= 11 is 0. The molecule has 2 heterocycles. The van der Waals surface area contributed by atoms with Crippen LogP contribution in [0.2, 0.25) is 0 Å². The number of hydrogen-bond acceptors (Lipinski definition) is 5. The molecule has 0 saturated carbocycles. The largest absolute Gasteiger partial charge is 0.383 e. The van der Waals surface area contributed by atoms with E-state index < -0.39 is 5.97 Å². The van der Waals surface area contributed by atoms with E-state index in [1.807, 2.05) is 6.07 Å². The molecule has 0 N–H and O–H groups in total. The highest BCUT2D eigenvalue weighted by Crippen LogP contribution is 2.01. The fraction of sp³-hybridized carbons (Fsp3) is 0.0769. The maximum Gasteiger partial charge on any atom is 0.383 e. The maximum absolute atomic E-state index is 11.6. The summed E-state index contributed by atoms with van der Waals surface area (Å²) in [5.41, 5.74) is 1.60. The van der Waals surface area contributed by atoms with Crippen molar-refractivity contribution in [2.24, 2.45) is 5.16 Å². The van der Waals surface area contributed by atoms with Gasteiger partial charge in [-0.05, 0) is 31.2 Å². The summed E-state index contributed by atoms with van der Waals surface area (Å²) in [4.78, 5) is 24.2. The number of pyridine rings is 2. The van der Waals surface area contributed by atoms with Gasteiger partial charge in [-0.3, -0.25) is 4.98 Å². The minimum absolute atomic E-state index is 0.222. The Morgan fingerprint density at radius 2 is 2.11 bits per heavy atom. The van der Waals surface area contributed by atoms with Crippen molar-refractivity contribution in [2.45, 2.75) is 6.92 Å². The number of aromatic nitrogens is 2. The second kappa shape index (κ2) is 5.67. The third kappa shape index (κ3) is 2.98. The predicted molar refractivity (Wildman–Crippen MR) is 66.1 cm³/mol. The fourth-order valence-electron chi connectivity index (χ4n) is 1.27. The SMILES string of the molecule is C/C(=N\OC(=O)c1ccccn1)c1cccnc1. The molecule has 2 aromatic rings. The Hall–Kier alpha value is -2.56. The molecule has 0 amide bonds. The summed E-state index contributed by atoms with van der Waals surface area (Å²) in [6, 6.07) is 8.62. The second-order valence-electron chi connectivity index (χ2n) is 3.51. The molecule has 0 unspecified atom stereocenters. The molecule has 0 aliphatic rings. The van der Waals surface area contributed by atoms with Crippen molar-refractivity contribution in [2.75, 3.05) is 0 Å². The zero-order valence-electron chi connectivity index (χ0n) is 9.78. The van der Waals surface area contributed by atoms with Gasteiger partial charge in [-0.25, -0.2) is 9.78 Å². The molecule has 0 atom stereocenters.